The van der Waals surface area contributed by atoms with E-state index in [2.05, 4.69) is 138 Å². The predicted molar refractivity (Wildman–Crippen MR) is 135 cm³/mol. The van der Waals surface area contributed by atoms with Crippen LogP contribution in [0, 0.1) is 0 Å². The highest BCUT2D eigenvalue weighted by atomic mass is 15.0. The number of benzene rings is 5. The standard InChI is InChI=1S/C31H23N/c1-3-11-23(12-4-1)31(24-13-5-2-6-14-24)25-19-21-26(22-20-25)32-29-17-9-7-15-27(29)28-16-8-10-18-30(28)32/h1-22,31H. The lowest BCUT2D eigenvalue weighted by Gasteiger charge is -2.19. The van der Waals surface area contributed by atoms with E-state index in [1.54, 1.807) is 0 Å². The molecule has 0 aliphatic carbocycles. The van der Waals surface area contributed by atoms with Crippen molar-refractivity contribution in [3.63, 3.8) is 0 Å². The molecule has 1 aromatic heterocycles. The van der Waals surface area contributed by atoms with Gasteiger partial charge < -0.3 is 4.57 Å². The highest BCUT2D eigenvalue weighted by Gasteiger charge is 2.17. The summed E-state index contributed by atoms with van der Waals surface area (Å²) in [5.74, 6) is 0.213. The molecule has 0 spiro atoms. The van der Waals surface area contributed by atoms with Gasteiger partial charge in [-0.3, -0.25) is 0 Å². The minimum Gasteiger partial charge on any atom is -0.309 e. The fraction of sp³-hybridized carbons (Fsp3) is 0.0323. The van der Waals surface area contributed by atoms with E-state index in [4.69, 9.17) is 0 Å². The van der Waals surface area contributed by atoms with Gasteiger partial charge in [0.25, 0.3) is 0 Å². The second kappa shape index (κ2) is 7.86. The van der Waals surface area contributed by atoms with Crippen LogP contribution in [0.15, 0.2) is 133 Å². The molecular weight excluding hydrogens is 386 g/mol. The minimum absolute atomic E-state index is 0.213. The van der Waals surface area contributed by atoms with Gasteiger partial charge in [0, 0.05) is 22.4 Å². The molecule has 0 atom stereocenters. The fourth-order valence-corrected chi connectivity index (χ4v) is 4.88. The van der Waals surface area contributed by atoms with Crippen molar-refractivity contribution in [2.24, 2.45) is 0 Å². The first kappa shape index (κ1) is 18.7. The molecule has 0 amide bonds. The van der Waals surface area contributed by atoms with E-state index in [-0.39, 0.29) is 5.92 Å². The third-order valence-corrected chi connectivity index (χ3v) is 6.33. The molecule has 0 saturated heterocycles. The van der Waals surface area contributed by atoms with Crippen molar-refractivity contribution in [1.82, 2.24) is 4.57 Å². The topological polar surface area (TPSA) is 4.93 Å². The monoisotopic (exact) mass is 409 g/mol. The van der Waals surface area contributed by atoms with E-state index in [9.17, 15) is 0 Å². The van der Waals surface area contributed by atoms with E-state index >= 15 is 0 Å². The molecule has 1 heteroatoms. The van der Waals surface area contributed by atoms with E-state index < -0.39 is 0 Å². The number of aromatic nitrogens is 1. The third-order valence-electron chi connectivity index (χ3n) is 6.33. The van der Waals surface area contributed by atoms with Crippen LogP contribution in [-0.2, 0) is 0 Å². The van der Waals surface area contributed by atoms with Gasteiger partial charge in [0.15, 0.2) is 0 Å². The molecule has 0 fully saturated rings. The van der Waals surface area contributed by atoms with Gasteiger partial charge in [-0.1, -0.05) is 109 Å². The summed E-state index contributed by atoms with van der Waals surface area (Å²) in [5, 5.41) is 2.58. The molecule has 0 aliphatic rings. The van der Waals surface area contributed by atoms with Crippen LogP contribution in [0.5, 0.6) is 0 Å². The lowest BCUT2D eigenvalue weighted by Crippen LogP contribution is -2.03. The first-order valence-electron chi connectivity index (χ1n) is 11.1. The van der Waals surface area contributed by atoms with Crippen molar-refractivity contribution in [2.75, 3.05) is 0 Å². The minimum atomic E-state index is 0.213. The second-order valence-electron chi connectivity index (χ2n) is 8.22. The first-order chi connectivity index (χ1) is 15.9. The molecule has 0 saturated carbocycles. The Balaban J connectivity index is 1.50. The lowest BCUT2D eigenvalue weighted by atomic mass is 9.85. The normalized spacial score (nSPS) is 11.4. The molecule has 0 bridgehead atoms. The molecule has 1 nitrogen and oxygen atoms in total. The van der Waals surface area contributed by atoms with Crippen molar-refractivity contribution in [3.05, 3.63) is 150 Å². The maximum Gasteiger partial charge on any atom is 0.0541 e. The highest BCUT2D eigenvalue weighted by molar-refractivity contribution is 6.09. The average molecular weight is 410 g/mol. The van der Waals surface area contributed by atoms with Crippen LogP contribution in [0.4, 0.5) is 0 Å². The van der Waals surface area contributed by atoms with Gasteiger partial charge in [-0.15, -0.1) is 0 Å². The van der Waals surface area contributed by atoms with Gasteiger partial charge in [0.05, 0.1) is 11.0 Å². The van der Waals surface area contributed by atoms with E-state index in [1.165, 1.54) is 44.2 Å². The summed E-state index contributed by atoms with van der Waals surface area (Å²) in [6.45, 7) is 0. The van der Waals surface area contributed by atoms with Crippen LogP contribution in [-0.4, -0.2) is 4.57 Å². The maximum absolute atomic E-state index is 2.37. The van der Waals surface area contributed by atoms with E-state index in [1.807, 2.05) is 0 Å². The van der Waals surface area contributed by atoms with Crippen LogP contribution >= 0.6 is 0 Å². The molecule has 1 heterocycles. The Morgan fingerprint density at radius 3 is 1.28 bits per heavy atom. The highest BCUT2D eigenvalue weighted by Crippen LogP contribution is 2.35. The van der Waals surface area contributed by atoms with Crippen LogP contribution in [0.2, 0.25) is 0 Å². The Kier molecular flexibility index (Phi) is 4.58. The Labute approximate surface area is 188 Å². The van der Waals surface area contributed by atoms with Crippen molar-refractivity contribution in [2.45, 2.75) is 5.92 Å². The zero-order chi connectivity index (χ0) is 21.3. The Morgan fingerprint density at radius 2 is 0.781 bits per heavy atom. The van der Waals surface area contributed by atoms with Crippen molar-refractivity contribution >= 4 is 21.8 Å². The number of rotatable bonds is 4. The van der Waals surface area contributed by atoms with Crippen LogP contribution in [0.3, 0.4) is 0 Å². The summed E-state index contributed by atoms with van der Waals surface area (Å²) in [6.07, 6.45) is 0. The molecule has 0 aliphatic heterocycles. The molecule has 0 unspecified atom stereocenters. The molecule has 6 aromatic rings. The first-order valence-corrected chi connectivity index (χ1v) is 11.1. The largest absolute Gasteiger partial charge is 0.309 e. The van der Waals surface area contributed by atoms with Crippen LogP contribution in [0.1, 0.15) is 22.6 Å². The summed E-state index contributed by atoms with van der Waals surface area (Å²) in [7, 11) is 0. The van der Waals surface area contributed by atoms with E-state index in [0.29, 0.717) is 0 Å². The Bertz CT molecular complexity index is 1400. The zero-order valence-corrected chi connectivity index (χ0v) is 17.7. The molecular formula is C31H23N. The third kappa shape index (κ3) is 3.11. The number of hydrogen-bond acceptors (Lipinski definition) is 0. The van der Waals surface area contributed by atoms with Gasteiger partial charge in [-0.05, 0) is 41.0 Å². The zero-order valence-electron chi connectivity index (χ0n) is 17.7. The Hall–Kier alpha value is -4.10. The number of nitrogens with zero attached hydrogens (tertiary/aromatic N) is 1. The van der Waals surface area contributed by atoms with Crippen LogP contribution < -0.4 is 0 Å². The van der Waals surface area contributed by atoms with Crippen LogP contribution in [0.25, 0.3) is 27.5 Å². The number of para-hydroxylation sites is 2. The summed E-state index contributed by atoms with van der Waals surface area (Å²) >= 11 is 0. The molecule has 5 aromatic carbocycles. The summed E-state index contributed by atoms with van der Waals surface area (Å²) < 4.78 is 2.37. The van der Waals surface area contributed by atoms with Gasteiger partial charge in [-0.25, -0.2) is 0 Å². The van der Waals surface area contributed by atoms with Crippen molar-refractivity contribution in [3.8, 4) is 5.69 Å². The smallest absolute Gasteiger partial charge is 0.0541 e. The average Bonchev–Trinajstić information content (AvgIpc) is 3.21. The van der Waals surface area contributed by atoms with Gasteiger partial charge in [0.1, 0.15) is 0 Å². The van der Waals surface area contributed by atoms with Gasteiger partial charge in [0.2, 0.25) is 0 Å². The molecule has 6 rings (SSSR count). The van der Waals surface area contributed by atoms with Gasteiger partial charge in [-0.2, -0.15) is 0 Å². The SMILES string of the molecule is c1ccc(C(c2ccccc2)c2ccc(-n3c4ccccc4c4ccccc43)cc2)cc1. The summed E-state index contributed by atoms with van der Waals surface area (Å²) in [5.41, 5.74) is 7.58. The lowest BCUT2D eigenvalue weighted by molar-refractivity contribution is 0.975. The fourth-order valence-electron chi connectivity index (χ4n) is 4.88. The molecule has 0 N–H and O–H groups in total. The summed E-state index contributed by atoms with van der Waals surface area (Å²) in [6, 6.07) is 47.9. The second-order valence-corrected chi connectivity index (χ2v) is 8.22. The van der Waals surface area contributed by atoms with E-state index in [0.717, 1.165) is 0 Å². The Morgan fingerprint density at radius 1 is 0.375 bits per heavy atom. The quantitative estimate of drug-likeness (QED) is 0.260. The molecule has 152 valence electrons. The number of hydrogen-bond donors (Lipinski definition) is 0. The summed E-state index contributed by atoms with van der Waals surface area (Å²) in [4.78, 5) is 0. The van der Waals surface area contributed by atoms with Gasteiger partial charge >= 0.3 is 0 Å². The predicted octanol–water partition coefficient (Wildman–Crippen LogP) is 7.96. The molecule has 0 radical (unpaired) electrons. The maximum atomic E-state index is 2.37. The van der Waals surface area contributed by atoms with Crippen molar-refractivity contribution in [1.29, 1.82) is 0 Å². The number of fused-ring (bicyclic) bond motifs is 3. The van der Waals surface area contributed by atoms with Crippen molar-refractivity contribution < 1.29 is 0 Å². The molecule has 32 heavy (non-hydrogen) atoms.